The van der Waals surface area contributed by atoms with E-state index in [0.29, 0.717) is 16.8 Å². The van der Waals surface area contributed by atoms with Crippen LogP contribution in [-0.4, -0.2) is 11.0 Å². The Morgan fingerprint density at radius 2 is 2.11 bits per heavy atom. The van der Waals surface area contributed by atoms with Gasteiger partial charge in [0.2, 0.25) is 0 Å². The number of anilines is 1. The van der Waals surface area contributed by atoms with E-state index < -0.39 is 4.92 Å². The Morgan fingerprint density at radius 1 is 1.32 bits per heavy atom. The number of hydrogen-bond donors (Lipinski definition) is 1. The predicted octanol–water partition coefficient (Wildman–Crippen LogP) is 4.63. The monoisotopic (exact) mass is 282 g/mol. The Hall–Kier alpha value is -1.29. The van der Waals surface area contributed by atoms with Crippen LogP contribution in [0.5, 0.6) is 0 Å². The highest BCUT2D eigenvalue weighted by Crippen LogP contribution is 2.30. The van der Waals surface area contributed by atoms with Crippen molar-refractivity contribution in [3.63, 3.8) is 0 Å². The quantitative estimate of drug-likeness (QED) is 0.499. The lowest BCUT2D eigenvalue weighted by Gasteiger charge is -2.18. The topological polar surface area (TPSA) is 55.2 Å². The molecule has 1 aliphatic rings. The first-order valence-corrected chi connectivity index (χ1v) is 7.14. The molecule has 1 aromatic rings. The van der Waals surface area contributed by atoms with E-state index in [9.17, 15) is 10.1 Å². The van der Waals surface area contributed by atoms with Crippen molar-refractivity contribution in [1.82, 2.24) is 0 Å². The number of nitrogens with one attached hydrogen (secondary N) is 1. The number of halogens is 1. The summed E-state index contributed by atoms with van der Waals surface area (Å²) in [5.74, 6) is 0.771. The minimum Gasteiger partial charge on any atom is -0.381 e. The molecule has 1 aromatic carbocycles. The molecule has 19 heavy (non-hydrogen) atoms. The molecule has 5 heteroatoms. The molecule has 1 aliphatic carbocycles. The molecule has 0 saturated heterocycles. The summed E-state index contributed by atoms with van der Waals surface area (Å²) in [7, 11) is 0. The number of rotatable bonds is 3. The van der Waals surface area contributed by atoms with Gasteiger partial charge in [0, 0.05) is 18.2 Å². The van der Waals surface area contributed by atoms with Gasteiger partial charge in [-0.1, -0.05) is 31.4 Å². The van der Waals surface area contributed by atoms with E-state index in [4.69, 9.17) is 11.6 Å². The Labute approximate surface area is 118 Å². The second-order valence-electron chi connectivity index (χ2n) is 5.38. The van der Waals surface area contributed by atoms with E-state index in [0.717, 1.165) is 18.8 Å². The van der Waals surface area contributed by atoms with Gasteiger partial charge >= 0.3 is 0 Å². The van der Waals surface area contributed by atoms with Gasteiger partial charge in [-0.2, -0.15) is 0 Å². The molecular formula is C14H19ClN2O2. The fourth-order valence-electron chi connectivity index (χ4n) is 2.59. The Morgan fingerprint density at radius 3 is 2.84 bits per heavy atom. The third-order valence-corrected chi connectivity index (χ3v) is 4.11. The molecule has 0 radical (unpaired) electrons. The molecule has 1 N–H and O–H groups in total. The molecule has 2 atom stereocenters. The van der Waals surface area contributed by atoms with E-state index in [2.05, 4.69) is 12.2 Å². The van der Waals surface area contributed by atoms with Gasteiger partial charge in [-0.3, -0.25) is 10.1 Å². The molecule has 1 saturated carbocycles. The average molecular weight is 283 g/mol. The van der Waals surface area contributed by atoms with Crippen LogP contribution in [0.2, 0.25) is 5.02 Å². The molecule has 2 unspecified atom stereocenters. The first kappa shape index (κ1) is 14.1. The molecule has 2 rings (SSSR count). The summed E-state index contributed by atoms with van der Waals surface area (Å²) < 4.78 is 0. The van der Waals surface area contributed by atoms with Gasteiger partial charge in [0.05, 0.1) is 15.6 Å². The van der Waals surface area contributed by atoms with E-state index in [-0.39, 0.29) is 5.69 Å². The summed E-state index contributed by atoms with van der Waals surface area (Å²) in [6, 6.07) is 4.91. The van der Waals surface area contributed by atoms with Crippen LogP contribution in [0.3, 0.4) is 0 Å². The molecule has 0 aliphatic heterocycles. The van der Waals surface area contributed by atoms with Gasteiger partial charge in [0.15, 0.2) is 0 Å². The maximum Gasteiger partial charge on any atom is 0.271 e. The summed E-state index contributed by atoms with van der Waals surface area (Å²) in [4.78, 5) is 10.4. The minimum atomic E-state index is -0.392. The van der Waals surface area contributed by atoms with Crippen LogP contribution < -0.4 is 5.32 Å². The molecule has 1 fully saturated rings. The van der Waals surface area contributed by atoms with Gasteiger partial charge < -0.3 is 5.32 Å². The van der Waals surface area contributed by atoms with Crippen LogP contribution in [0, 0.1) is 16.0 Å². The van der Waals surface area contributed by atoms with Gasteiger partial charge in [-0.05, 0) is 31.2 Å². The fraction of sp³-hybridized carbons (Fsp3) is 0.571. The zero-order valence-corrected chi connectivity index (χ0v) is 11.8. The summed E-state index contributed by atoms with van der Waals surface area (Å²) in [5.41, 5.74) is 0.754. The number of nitro benzene ring substituents is 1. The fourth-order valence-corrected chi connectivity index (χ4v) is 2.76. The van der Waals surface area contributed by atoms with E-state index in [1.54, 1.807) is 6.07 Å². The molecule has 0 heterocycles. The van der Waals surface area contributed by atoms with Crippen molar-refractivity contribution in [2.75, 3.05) is 5.32 Å². The smallest absolute Gasteiger partial charge is 0.271 e. The number of nitro groups is 1. The van der Waals surface area contributed by atoms with Crippen molar-refractivity contribution in [3.8, 4) is 0 Å². The lowest BCUT2D eigenvalue weighted by Crippen LogP contribution is -2.18. The minimum absolute atomic E-state index is 0.0777. The average Bonchev–Trinajstić information content (AvgIpc) is 2.57. The molecule has 4 nitrogen and oxygen atoms in total. The molecule has 0 bridgehead atoms. The van der Waals surface area contributed by atoms with Crippen molar-refractivity contribution >= 4 is 23.0 Å². The molecule has 104 valence electrons. The van der Waals surface area contributed by atoms with Crippen LogP contribution in [0.4, 0.5) is 11.4 Å². The van der Waals surface area contributed by atoms with Crippen LogP contribution in [0.1, 0.15) is 39.0 Å². The summed E-state index contributed by atoms with van der Waals surface area (Å²) in [5, 5.41) is 14.7. The third kappa shape index (κ3) is 3.83. The van der Waals surface area contributed by atoms with Crippen LogP contribution >= 0.6 is 11.6 Å². The number of benzene rings is 1. The zero-order chi connectivity index (χ0) is 13.8. The second-order valence-corrected chi connectivity index (χ2v) is 5.78. The Balaban J connectivity index is 2.09. The first-order valence-electron chi connectivity index (χ1n) is 6.76. The maximum atomic E-state index is 10.8. The van der Waals surface area contributed by atoms with Gasteiger partial charge in [0.1, 0.15) is 0 Å². The van der Waals surface area contributed by atoms with Crippen molar-refractivity contribution in [2.24, 2.45) is 5.92 Å². The van der Waals surface area contributed by atoms with Gasteiger partial charge in [0.25, 0.3) is 5.69 Å². The summed E-state index contributed by atoms with van der Waals surface area (Å²) in [6.07, 6.45) is 5.86. The number of non-ortho nitro benzene ring substituents is 1. The normalized spacial score (nSPS) is 23.7. The largest absolute Gasteiger partial charge is 0.381 e. The lowest BCUT2D eigenvalue weighted by molar-refractivity contribution is -0.384. The zero-order valence-electron chi connectivity index (χ0n) is 11.1. The molecular weight excluding hydrogens is 264 g/mol. The highest BCUT2D eigenvalue weighted by Gasteiger charge is 2.18. The molecule has 0 amide bonds. The maximum absolute atomic E-state index is 10.8. The van der Waals surface area contributed by atoms with Crippen LogP contribution in [0.25, 0.3) is 0 Å². The predicted molar refractivity (Wildman–Crippen MR) is 77.8 cm³/mol. The molecule has 0 aromatic heterocycles. The van der Waals surface area contributed by atoms with Crippen molar-refractivity contribution in [2.45, 2.75) is 45.1 Å². The number of nitrogens with zero attached hydrogens (tertiary/aromatic N) is 1. The van der Waals surface area contributed by atoms with Crippen molar-refractivity contribution in [1.29, 1.82) is 0 Å². The van der Waals surface area contributed by atoms with Crippen molar-refractivity contribution < 1.29 is 4.92 Å². The highest BCUT2D eigenvalue weighted by molar-refractivity contribution is 6.33. The first-order chi connectivity index (χ1) is 9.06. The second kappa shape index (κ2) is 6.24. The lowest BCUT2D eigenvalue weighted by atomic mass is 10.0. The van der Waals surface area contributed by atoms with Crippen LogP contribution in [0.15, 0.2) is 18.2 Å². The summed E-state index contributed by atoms with van der Waals surface area (Å²) in [6.45, 7) is 2.28. The van der Waals surface area contributed by atoms with Crippen LogP contribution in [-0.2, 0) is 0 Å². The number of hydrogen-bond acceptors (Lipinski definition) is 3. The van der Waals surface area contributed by atoms with E-state index >= 15 is 0 Å². The van der Waals surface area contributed by atoms with E-state index in [1.165, 1.54) is 31.4 Å². The highest BCUT2D eigenvalue weighted by atomic mass is 35.5. The van der Waals surface area contributed by atoms with Gasteiger partial charge in [-0.25, -0.2) is 0 Å². The standard InChI is InChI=1S/C14H19ClN2O2/c1-10-3-2-4-11(6-5-10)16-14-9-12(17(18)19)7-8-13(14)15/h7-11,16H,2-6H2,1H3. The Kier molecular flexibility index (Phi) is 4.64. The molecule has 0 spiro atoms. The van der Waals surface area contributed by atoms with E-state index in [1.807, 2.05) is 0 Å². The van der Waals surface area contributed by atoms with Crippen molar-refractivity contribution in [3.05, 3.63) is 33.3 Å². The Bertz CT molecular complexity index is 465. The SMILES string of the molecule is CC1CCCC(Nc2cc([N+](=O)[O-])ccc2Cl)CC1. The summed E-state index contributed by atoms with van der Waals surface area (Å²) >= 11 is 6.10. The van der Waals surface area contributed by atoms with Gasteiger partial charge in [-0.15, -0.1) is 0 Å². The third-order valence-electron chi connectivity index (χ3n) is 3.78.